The topological polar surface area (TPSA) is 41.6 Å². The predicted molar refractivity (Wildman–Crippen MR) is 73.5 cm³/mol. The van der Waals surface area contributed by atoms with Crippen LogP contribution in [0.2, 0.25) is 0 Å². The van der Waals surface area contributed by atoms with E-state index in [1.807, 2.05) is 13.8 Å². The summed E-state index contributed by atoms with van der Waals surface area (Å²) in [5.41, 5.74) is 0. The van der Waals surface area contributed by atoms with Crippen LogP contribution < -0.4 is 5.32 Å². The highest BCUT2D eigenvalue weighted by Gasteiger charge is 2.21. The highest BCUT2D eigenvalue weighted by atomic mass is 16.5. The van der Waals surface area contributed by atoms with Gasteiger partial charge < -0.3 is 10.1 Å². The summed E-state index contributed by atoms with van der Waals surface area (Å²) in [6, 6.07) is 0.381. The molecule has 0 aromatic carbocycles. The molecule has 1 saturated heterocycles. The van der Waals surface area contributed by atoms with Crippen LogP contribution in [0.15, 0.2) is 0 Å². The van der Waals surface area contributed by atoms with E-state index in [0.29, 0.717) is 18.5 Å². The number of nitrogens with zero attached hydrogens (tertiary/aromatic N) is 1. The first-order valence-electron chi connectivity index (χ1n) is 7.13. The van der Waals surface area contributed by atoms with Gasteiger partial charge in [0.1, 0.15) is 0 Å². The first-order chi connectivity index (χ1) is 8.49. The van der Waals surface area contributed by atoms with E-state index in [0.717, 1.165) is 19.6 Å². The molecule has 1 heterocycles. The highest BCUT2D eigenvalue weighted by molar-refractivity contribution is 5.71. The van der Waals surface area contributed by atoms with Gasteiger partial charge in [0.15, 0.2) is 0 Å². The van der Waals surface area contributed by atoms with Gasteiger partial charge >= 0.3 is 5.97 Å². The molecule has 1 aliphatic heterocycles. The van der Waals surface area contributed by atoms with Crippen molar-refractivity contribution in [2.45, 2.75) is 52.7 Å². The van der Waals surface area contributed by atoms with Crippen molar-refractivity contribution >= 4 is 5.97 Å². The summed E-state index contributed by atoms with van der Waals surface area (Å²) in [5, 5.41) is 3.42. The molecule has 1 fully saturated rings. The molecule has 0 amide bonds. The maximum absolute atomic E-state index is 11.7. The molecule has 0 aliphatic carbocycles. The molecule has 0 spiro atoms. The van der Waals surface area contributed by atoms with Gasteiger partial charge in [-0.25, -0.2) is 0 Å². The van der Waals surface area contributed by atoms with Gasteiger partial charge in [0.05, 0.1) is 12.6 Å². The molecule has 18 heavy (non-hydrogen) atoms. The molecule has 4 nitrogen and oxygen atoms in total. The van der Waals surface area contributed by atoms with Crippen molar-refractivity contribution in [2.24, 2.45) is 5.92 Å². The highest BCUT2D eigenvalue weighted by Crippen LogP contribution is 2.13. The van der Waals surface area contributed by atoms with Crippen LogP contribution in [0.4, 0.5) is 0 Å². The van der Waals surface area contributed by atoms with Crippen molar-refractivity contribution in [3.05, 3.63) is 0 Å². The SMILES string of the molecule is CC(C)OC(=O)CN(CC1CCCNC1)C(C)C. The number of hydrogen-bond acceptors (Lipinski definition) is 4. The number of ether oxygens (including phenoxy) is 1. The Morgan fingerprint density at radius 3 is 2.61 bits per heavy atom. The molecule has 4 heteroatoms. The third-order valence-electron chi connectivity index (χ3n) is 3.32. The molecule has 1 aliphatic rings. The maximum Gasteiger partial charge on any atom is 0.320 e. The van der Waals surface area contributed by atoms with Gasteiger partial charge in [-0.15, -0.1) is 0 Å². The Morgan fingerprint density at radius 1 is 1.39 bits per heavy atom. The first-order valence-corrected chi connectivity index (χ1v) is 7.13. The number of nitrogens with one attached hydrogen (secondary N) is 1. The minimum atomic E-state index is -0.109. The summed E-state index contributed by atoms with van der Waals surface area (Å²) >= 11 is 0. The van der Waals surface area contributed by atoms with E-state index in [1.165, 1.54) is 12.8 Å². The second-order valence-corrected chi connectivity index (χ2v) is 5.77. The number of rotatable bonds is 6. The molecule has 0 radical (unpaired) electrons. The first kappa shape index (κ1) is 15.4. The Bertz CT molecular complexity index is 248. The van der Waals surface area contributed by atoms with E-state index in [9.17, 15) is 4.79 Å². The summed E-state index contributed by atoms with van der Waals surface area (Å²) < 4.78 is 5.22. The Morgan fingerprint density at radius 2 is 2.11 bits per heavy atom. The molecular weight excluding hydrogens is 228 g/mol. The number of carbonyl (C=O) groups is 1. The van der Waals surface area contributed by atoms with E-state index in [4.69, 9.17) is 4.74 Å². The molecule has 0 aromatic rings. The monoisotopic (exact) mass is 256 g/mol. The van der Waals surface area contributed by atoms with Crippen molar-refractivity contribution in [1.29, 1.82) is 0 Å². The number of hydrogen-bond donors (Lipinski definition) is 1. The second kappa shape index (κ2) is 7.74. The summed E-state index contributed by atoms with van der Waals surface area (Å²) in [6.45, 7) is 11.7. The smallest absolute Gasteiger partial charge is 0.320 e. The molecule has 1 unspecified atom stereocenters. The molecule has 1 N–H and O–H groups in total. The van der Waals surface area contributed by atoms with Gasteiger partial charge in [-0.1, -0.05) is 0 Å². The molecular formula is C14H28N2O2. The van der Waals surface area contributed by atoms with Crippen LogP contribution in [-0.2, 0) is 9.53 Å². The largest absolute Gasteiger partial charge is 0.462 e. The van der Waals surface area contributed by atoms with Gasteiger partial charge in [0, 0.05) is 12.6 Å². The lowest BCUT2D eigenvalue weighted by Crippen LogP contribution is -2.43. The van der Waals surface area contributed by atoms with Gasteiger partial charge in [-0.3, -0.25) is 9.69 Å². The van der Waals surface area contributed by atoms with Crippen LogP contribution >= 0.6 is 0 Å². The number of carbonyl (C=O) groups excluding carboxylic acids is 1. The summed E-state index contributed by atoms with van der Waals surface area (Å²) in [4.78, 5) is 14.0. The standard InChI is InChI=1S/C14H28N2O2/c1-11(2)16(10-14(17)18-12(3)4)9-13-6-5-7-15-8-13/h11-13,15H,5-10H2,1-4H3. The van der Waals surface area contributed by atoms with Crippen LogP contribution in [0, 0.1) is 5.92 Å². The predicted octanol–water partition coefficient (Wildman–Crippen LogP) is 1.65. The molecule has 0 bridgehead atoms. The minimum absolute atomic E-state index is 0.0251. The number of piperidine rings is 1. The third kappa shape index (κ3) is 5.83. The van der Waals surface area contributed by atoms with E-state index in [2.05, 4.69) is 24.1 Å². The normalized spacial score (nSPS) is 20.7. The zero-order chi connectivity index (χ0) is 13.5. The van der Waals surface area contributed by atoms with Crippen LogP contribution in [0.25, 0.3) is 0 Å². The lowest BCUT2D eigenvalue weighted by molar-refractivity contribution is -0.149. The van der Waals surface area contributed by atoms with Gasteiger partial charge in [0.2, 0.25) is 0 Å². The van der Waals surface area contributed by atoms with Crippen LogP contribution in [0.5, 0.6) is 0 Å². The van der Waals surface area contributed by atoms with Gasteiger partial charge in [-0.2, -0.15) is 0 Å². The van der Waals surface area contributed by atoms with Gasteiger partial charge in [-0.05, 0) is 59.5 Å². The molecule has 106 valence electrons. The zero-order valence-corrected chi connectivity index (χ0v) is 12.2. The Hall–Kier alpha value is -0.610. The van der Waals surface area contributed by atoms with Crippen molar-refractivity contribution in [3.8, 4) is 0 Å². The number of esters is 1. The van der Waals surface area contributed by atoms with Crippen molar-refractivity contribution in [2.75, 3.05) is 26.2 Å². The fourth-order valence-electron chi connectivity index (χ4n) is 2.34. The van der Waals surface area contributed by atoms with Crippen LogP contribution in [-0.4, -0.2) is 49.2 Å². The second-order valence-electron chi connectivity index (χ2n) is 5.77. The summed E-state index contributed by atoms with van der Waals surface area (Å²) in [6.07, 6.45) is 2.48. The van der Waals surface area contributed by atoms with Crippen molar-refractivity contribution in [1.82, 2.24) is 10.2 Å². The fourth-order valence-corrected chi connectivity index (χ4v) is 2.34. The van der Waals surface area contributed by atoms with E-state index in [-0.39, 0.29) is 12.1 Å². The molecule has 0 aromatic heterocycles. The summed E-state index contributed by atoms with van der Waals surface area (Å²) in [7, 11) is 0. The summed E-state index contributed by atoms with van der Waals surface area (Å²) in [5.74, 6) is 0.551. The molecule has 1 rings (SSSR count). The molecule has 1 atom stereocenters. The van der Waals surface area contributed by atoms with Crippen molar-refractivity contribution < 1.29 is 9.53 Å². The van der Waals surface area contributed by atoms with Gasteiger partial charge in [0.25, 0.3) is 0 Å². The lowest BCUT2D eigenvalue weighted by atomic mass is 9.98. The minimum Gasteiger partial charge on any atom is -0.462 e. The van der Waals surface area contributed by atoms with E-state index in [1.54, 1.807) is 0 Å². The zero-order valence-electron chi connectivity index (χ0n) is 12.2. The lowest BCUT2D eigenvalue weighted by Gasteiger charge is -2.32. The van der Waals surface area contributed by atoms with E-state index >= 15 is 0 Å². The van der Waals surface area contributed by atoms with Crippen LogP contribution in [0.3, 0.4) is 0 Å². The third-order valence-corrected chi connectivity index (χ3v) is 3.32. The molecule has 0 saturated carbocycles. The van der Waals surface area contributed by atoms with Crippen molar-refractivity contribution in [3.63, 3.8) is 0 Å². The average Bonchev–Trinajstić information content (AvgIpc) is 2.28. The maximum atomic E-state index is 11.7. The quantitative estimate of drug-likeness (QED) is 0.734. The van der Waals surface area contributed by atoms with Crippen LogP contribution in [0.1, 0.15) is 40.5 Å². The Labute approximate surface area is 111 Å². The average molecular weight is 256 g/mol. The Kier molecular flexibility index (Phi) is 6.65. The van der Waals surface area contributed by atoms with E-state index < -0.39 is 0 Å². The Balaban J connectivity index is 2.41. The fraction of sp³-hybridized carbons (Fsp3) is 0.929.